The molecule has 0 heterocycles. The van der Waals surface area contributed by atoms with Crippen molar-refractivity contribution < 1.29 is 13.2 Å². The van der Waals surface area contributed by atoms with Crippen LogP contribution in [0.3, 0.4) is 0 Å². The van der Waals surface area contributed by atoms with Crippen LogP contribution in [0, 0.1) is 19.8 Å². The van der Waals surface area contributed by atoms with Crippen molar-refractivity contribution in [2.45, 2.75) is 60.0 Å². The SMILES string of the molecule is CC[C@H](C(=O)N[C@@H](C)C(C)C)N(c1cc(C)ccc1C)S(C)(=O)=O. The van der Waals surface area contributed by atoms with Crippen molar-refractivity contribution in [3.63, 3.8) is 0 Å². The van der Waals surface area contributed by atoms with Gasteiger partial charge >= 0.3 is 0 Å². The Hall–Kier alpha value is -1.56. The molecule has 0 aliphatic heterocycles. The van der Waals surface area contributed by atoms with E-state index in [1.165, 1.54) is 4.31 Å². The summed E-state index contributed by atoms with van der Waals surface area (Å²) in [6, 6.07) is 4.84. The molecule has 24 heavy (non-hydrogen) atoms. The van der Waals surface area contributed by atoms with Crippen LogP contribution < -0.4 is 9.62 Å². The maximum Gasteiger partial charge on any atom is 0.244 e. The number of benzene rings is 1. The minimum atomic E-state index is -3.60. The normalized spacial score (nSPS) is 14.3. The number of anilines is 1. The molecular formula is C18H30N2O3S. The van der Waals surface area contributed by atoms with Crippen LogP contribution in [-0.2, 0) is 14.8 Å². The molecule has 0 bridgehead atoms. The third-order valence-electron chi connectivity index (χ3n) is 4.30. The number of hydrogen-bond acceptors (Lipinski definition) is 3. The van der Waals surface area contributed by atoms with Gasteiger partial charge in [-0.25, -0.2) is 8.42 Å². The molecule has 1 rings (SSSR count). The predicted octanol–water partition coefficient (Wildman–Crippen LogP) is 3.01. The lowest BCUT2D eigenvalue weighted by atomic mass is 10.0. The maximum absolute atomic E-state index is 12.7. The zero-order chi connectivity index (χ0) is 18.7. The molecule has 0 spiro atoms. The Balaban J connectivity index is 3.33. The molecule has 0 saturated heterocycles. The molecule has 5 nitrogen and oxygen atoms in total. The third-order valence-corrected chi connectivity index (χ3v) is 5.47. The Kier molecular flexibility index (Phi) is 6.84. The van der Waals surface area contributed by atoms with Gasteiger partial charge in [0.2, 0.25) is 15.9 Å². The number of sulfonamides is 1. The maximum atomic E-state index is 12.7. The summed E-state index contributed by atoms with van der Waals surface area (Å²) in [6.45, 7) is 11.6. The highest BCUT2D eigenvalue weighted by molar-refractivity contribution is 7.92. The average Bonchev–Trinajstić information content (AvgIpc) is 2.45. The van der Waals surface area contributed by atoms with E-state index in [0.717, 1.165) is 17.4 Å². The van der Waals surface area contributed by atoms with Crippen molar-refractivity contribution in [3.8, 4) is 0 Å². The Bertz CT molecular complexity index is 684. The first-order chi connectivity index (χ1) is 11.0. The van der Waals surface area contributed by atoms with Gasteiger partial charge < -0.3 is 5.32 Å². The molecule has 0 aromatic heterocycles. The van der Waals surface area contributed by atoms with E-state index in [0.29, 0.717) is 12.1 Å². The molecule has 0 fully saturated rings. The molecule has 0 radical (unpaired) electrons. The molecule has 0 saturated carbocycles. The molecule has 1 aromatic carbocycles. The fourth-order valence-corrected chi connectivity index (χ4v) is 3.74. The minimum Gasteiger partial charge on any atom is -0.352 e. The highest BCUT2D eigenvalue weighted by Crippen LogP contribution is 2.27. The van der Waals surface area contributed by atoms with Gasteiger partial charge in [-0.05, 0) is 50.3 Å². The topological polar surface area (TPSA) is 66.5 Å². The van der Waals surface area contributed by atoms with E-state index < -0.39 is 16.1 Å². The Morgan fingerprint density at radius 3 is 2.25 bits per heavy atom. The van der Waals surface area contributed by atoms with Crippen molar-refractivity contribution in [3.05, 3.63) is 29.3 Å². The molecular weight excluding hydrogens is 324 g/mol. The number of hydrogen-bond donors (Lipinski definition) is 1. The number of nitrogens with one attached hydrogen (secondary N) is 1. The van der Waals surface area contributed by atoms with Gasteiger partial charge in [0, 0.05) is 6.04 Å². The van der Waals surface area contributed by atoms with E-state index in [1.807, 2.05) is 59.7 Å². The summed E-state index contributed by atoms with van der Waals surface area (Å²) in [5.74, 6) is 0.0175. The Morgan fingerprint density at radius 2 is 1.79 bits per heavy atom. The van der Waals surface area contributed by atoms with Gasteiger partial charge in [-0.15, -0.1) is 0 Å². The van der Waals surface area contributed by atoms with E-state index in [-0.39, 0.29) is 17.9 Å². The lowest BCUT2D eigenvalue weighted by Crippen LogP contribution is -2.52. The fraction of sp³-hybridized carbons (Fsp3) is 0.611. The van der Waals surface area contributed by atoms with E-state index in [2.05, 4.69) is 5.32 Å². The van der Waals surface area contributed by atoms with Crippen LogP contribution >= 0.6 is 0 Å². The Morgan fingerprint density at radius 1 is 1.21 bits per heavy atom. The van der Waals surface area contributed by atoms with Gasteiger partial charge in [0.15, 0.2) is 0 Å². The molecule has 1 amide bonds. The molecule has 1 aromatic rings. The second-order valence-electron chi connectivity index (χ2n) is 6.81. The smallest absolute Gasteiger partial charge is 0.244 e. The zero-order valence-electron chi connectivity index (χ0n) is 15.8. The highest BCUT2D eigenvalue weighted by Gasteiger charge is 2.33. The minimum absolute atomic E-state index is 0.0217. The summed E-state index contributed by atoms with van der Waals surface area (Å²) in [4.78, 5) is 12.7. The third kappa shape index (κ3) is 4.97. The van der Waals surface area contributed by atoms with Crippen molar-refractivity contribution in [2.24, 2.45) is 5.92 Å². The quantitative estimate of drug-likeness (QED) is 0.818. The number of amides is 1. The Labute approximate surface area is 146 Å². The molecule has 2 atom stereocenters. The van der Waals surface area contributed by atoms with Crippen molar-refractivity contribution in [1.29, 1.82) is 0 Å². The largest absolute Gasteiger partial charge is 0.352 e. The van der Waals surface area contributed by atoms with E-state index in [4.69, 9.17) is 0 Å². The molecule has 6 heteroatoms. The van der Waals surface area contributed by atoms with Gasteiger partial charge in [0.05, 0.1) is 11.9 Å². The standard InChI is InChI=1S/C18H30N2O3S/c1-8-16(18(21)19-15(6)12(2)3)20(24(7,22)23)17-11-13(4)9-10-14(17)5/h9-12,15-16H,8H2,1-7H3,(H,19,21)/t15-,16+/m0/s1. The highest BCUT2D eigenvalue weighted by atomic mass is 32.2. The predicted molar refractivity (Wildman–Crippen MR) is 99.8 cm³/mol. The first-order valence-electron chi connectivity index (χ1n) is 8.36. The first kappa shape index (κ1) is 20.5. The van der Waals surface area contributed by atoms with Gasteiger partial charge in [-0.1, -0.05) is 32.9 Å². The van der Waals surface area contributed by atoms with Crippen LogP contribution in [0.15, 0.2) is 18.2 Å². The van der Waals surface area contributed by atoms with E-state index in [9.17, 15) is 13.2 Å². The molecule has 0 aliphatic rings. The second kappa shape index (κ2) is 8.01. The molecule has 1 N–H and O–H groups in total. The molecule has 0 unspecified atom stereocenters. The lowest BCUT2D eigenvalue weighted by Gasteiger charge is -2.32. The number of carbonyl (C=O) groups excluding carboxylic acids is 1. The van der Waals surface area contributed by atoms with Crippen LogP contribution in [-0.4, -0.2) is 32.7 Å². The fourth-order valence-electron chi connectivity index (χ4n) is 2.48. The summed E-state index contributed by atoms with van der Waals surface area (Å²) < 4.78 is 26.2. The van der Waals surface area contributed by atoms with Crippen molar-refractivity contribution in [2.75, 3.05) is 10.6 Å². The van der Waals surface area contributed by atoms with Crippen LogP contribution in [0.4, 0.5) is 5.69 Å². The summed E-state index contributed by atoms with van der Waals surface area (Å²) >= 11 is 0. The summed E-state index contributed by atoms with van der Waals surface area (Å²) in [6.07, 6.45) is 1.55. The van der Waals surface area contributed by atoms with Crippen molar-refractivity contribution >= 4 is 21.6 Å². The molecule has 136 valence electrons. The monoisotopic (exact) mass is 354 g/mol. The number of nitrogens with zero attached hydrogens (tertiary/aromatic N) is 1. The zero-order valence-corrected chi connectivity index (χ0v) is 16.6. The number of aryl methyl sites for hydroxylation is 2. The van der Waals surface area contributed by atoms with Gasteiger partial charge in [-0.3, -0.25) is 9.10 Å². The average molecular weight is 355 g/mol. The summed E-state index contributed by atoms with van der Waals surface area (Å²) in [5.41, 5.74) is 2.35. The van der Waals surface area contributed by atoms with Gasteiger partial charge in [0.1, 0.15) is 6.04 Å². The molecule has 0 aliphatic carbocycles. The number of rotatable bonds is 7. The van der Waals surface area contributed by atoms with E-state index >= 15 is 0 Å². The van der Waals surface area contributed by atoms with Crippen LogP contribution in [0.25, 0.3) is 0 Å². The second-order valence-corrected chi connectivity index (χ2v) is 8.67. The van der Waals surface area contributed by atoms with E-state index in [1.54, 1.807) is 0 Å². The van der Waals surface area contributed by atoms with Gasteiger partial charge in [0.25, 0.3) is 0 Å². The first-order valence-corrected chi connectivity index (χ1v) is 10.2. The van der Waals surface area contributed by atoms with Crippen LogP contribution in [0.5, 0.6) is 0 Å². The summed E-state index contributed by atoms with van der Waals surface area (Å²) in [5, 5.41) is 2.94. The number of carbonyl (C=O) groups is 1. The lowest BCUT2D eigenvalue weighted by molar-refractivity contribution is -0.123. The van der Waals surface area contributed by atoms with Crippen molar-refractivity contribution in [1.82, 2.24) is 5.32 Å². The van der Waals surface area contributed by atoms with Crippen LogP contribution in [0.2, 0.25) is 0 Å². The van der Waals surface area contributed by atoms with Crippen LogP contribution in [0.1, 0.15) is 45.2 Å². The van der Waals surface area contributed by atoms with Gasteiger partial charge in [-0.2, -0.15) is 0 Å². The summed E-state index contributed by atoms with van der Waals surface area (Å²) in [7, 11) is -3.60.